The summed E-state index contributed by atoms with van der Waals surface area (Å²) in [7, 11) is 0. The van der Waals surface area contributed by atoms with E-state index in [1.54, 1.807) is 0 Å². The summed E-state index contributed by atoms with van der Waals surface area (Å²) in [5.41, 5.74) is 4.11. The van der Waals surface area contributed by atoms with E-state index in [2.05, 4.69) is 57.7 Å². The highest BCUT2D eigenvalue weighted by Gasteiger charge is 2.05. The van der Waals surface area contributed by atoms with Crippen LogP contribution in [0.5, 0.6) is 0 Å². The van der Waals surface area contributed by atoms with E-state index in [1.807, 2.05) is 6.08 Å². The van der Waals surface area contributed by atoms with Gasteiger partial charge in [-0.2, -0.15) is 0 Å². The van der Waals surface area contributed by atoms with Crippen LogP contribution in [-0.2, 0) is 0 Å². The fourth-order valence-electron chi connectivity index (χ4n) is 1.75. The third-order valence-corrected chi connectivity index (χ3v) is 3.18. The highest BCUT2D eigenvalue weighted by Crippen LogP contribution is 2.23. The molecule has 0 aliphatic heterocycles. The quantitative estimate of drug-likeness (QED) is 0.592. The van der Waals surface area contributed by atoms with Crippen molar-refractivity contribution < 1.29 is 0 Å². The highest BCUT2D eigenvalue weighted by atomic mass is 14.1. The van der Waals surface area contributed by atoms with Gasteiger partial charge >= 0.3 is 0 Å². The summed E-state index contributed by atoms with van der Waals surface area (Å²) in [6.45, 7) is 10.4. The Morgan fingerprint density at radius 3 is 2.81 bits per heavy atom. The third kappa shape index (κ3) is 3.69. The molecule has 0 bridgehead atoms. The zero-order valence-electron chi connectivity index (χ0n) is 10.7. The molecule has 86 valence electrons. The van der Waals surface area contributed by atoms with Crippen LogP contribution in [0, 0.1) is 0 Å². The van der Waals surface area contributed by atoms with Crippen molar-refractivity contribution in [3.63, 3.8) is 0 Å². The Morgan fingerprint density at radius 1 is 1.44 bits per heavy atom. The van der Waals surface area contributed by atoms with Gasteiger partial charge in [0.05, 0.1) is 0 Å². The van der Waals surface area contributed by atoms with Crippen molar-refractivity contribution in [3.8, 4) is 0 Å². The second-order valence-electron chi connectivity index (χ2n) is 4.45. The second-order valence-corrected chi connectivity index (χ2v) is 4.45. The standard InChI is InChI=1S/C16H22/c1-5-13(3)10-11-14(4)16-9-7-8-15(6-2)12-16/h5-9,12,14H,2,10-11H2,1,3-4H3. The first-order valence-electron chi connectivity index (χ1n) is 6.01. The topological polar surface area (TPSA) is 0 Å². The van der Waals surface area contributed by atoms with Gasteiger partial charge in [0.25, 0.3) is 0 Å². The predicted molar refractivity (Wildman–Crippen MR) is 73.6 cm³/mol. The van der Waals surface area contributed by atoms with E-state index < -0.39 is 0 Å². The summed E-state index contributed by atoms with van der Waals surface area (Å²) in [6.07, 6.45) is 6.52. The van der Waals surface area contributed by atoms with Crippen LogP contribution in [0.4, 0.5) is 0 Å². The van der Waals surface area contributed by atoms with Gasteiger partial charge in [-0.25, -0.2) is 0 Å². The number of allylic oxidation sites excluding steroid dienone is 2. The van der Waals surface area contributed by atoms with E-state index >= 15 is 0 Å². The van der Waals surface area contributed by atoms with Gasteiger partial charge in [0.2, 0.25) is 0 Å². The monoisotopic (exact) mass is 214 g/mol. The van der Waals surface area contributed by atoms with Crippen LogP contribution in [0.25, 0.3) is 6.08 Å². The Balaban J connectivity index is 2.65. The summed E-state index contributed by atoms with van der Waals surface area (Å²) < 4.78 is 0. The highest BCUT2D eigenvalue weighted by molar-refractivity contribution is 5.48. The second kappa shape index (κ2) is 6.32. The number of rotatable bonds is 5. The van der Waals surface area contributed by atoms with Gasteiger partial charge in [-0.05, 0) is 43.7 Å². The van der Waals surface area contributed by atoms with Crippen molar-refractivity contribution in [1.29, 1.82) is 0 Å². The average Bonchev–Trinajstić information content (AvgIpc) is 2.35. The van der Waals surface area contributed by atoms with Crippen molar-refractivity contribution in [1.82, 2.24) is 0 Å². The molecule has 0 N–H and O–H groups in total. The fourth-order valence-corrected chi connectivity index (χ4v) is 1.75. The van der Waals surface area contributed by atoms with E-state index in [9.17, 15) is 0 Å². The molecule has 0 aliphatic carbocycles. The average molecular weight is 214 g/mol. The smallest absolute Gasteiger partial charge is 0.0187 e. The Labute approximate surface area is 99.7 Å². The summed E-state index contributed by atoms with van der Waals surface area (Å²) >= 11 is 0. The third-order valence-electron chi connectivity index (χ3n) is 3.18. The Kier molecular flexibility index (Phi) is 5.04. The molecule has 1 atom stereocenters. The molecule has 0 fully saturated rings. The number of benzene rings is 1. The number of hydrogen-bond acceptors (Lipinski definition) is 0. The van der Waals surface area contributed by atoms with Crippen molar-refractivity contribution in [2.75, 3.05) is 0 Å². The summed E-state index contributed by atoms with van der Waals surface area (Å²) in [5.74, 6) is 0.620. The molecule has 1 rings (SSSR count). The first kappa shape index (κ1) is 12.8. The van der Waals surface area contributed by atoms with Crippen molar-refractivity contribution in [2.45, 2.75) is 39.5 Å². The van der Waals surface area contributed by atoms with E-state index in [1.165, 1.54) is 29.5 Å². The van der Waals surface area contributed by atoms with Crippen LogP contribution in [0.2, 0.25) is 0 Å². The van der Waals surface area contributed by atoms with E-state index in [-0.39, 0.29) is 0 Å². The zero-order chi connectivity index (χ0) is 12.0. The first-order valence-corrected chi connectivity index (χ1v) is 6.01. The minimum Gasteiger partial charge on any atom is -0.0985 e. The summed E-state index contributed by atoms with van der Waals surface area (Å²) in [5, 5.41) is 0. The predicted octanol–water partition coefficient (Wildman–Crippen LogP) is 5.18. The molecule has 0 aromatic heterocycles. The molecule has 1 unspecified atom stereocenters. The van der Waals surface area contributed by atoms with Gasteiger partial charge in [0, 0.05) is 0 Å². The van der Waals surface area contributed by atoms with Gasteiger partial charge in [-0.3, -0.25) is 0 Å². The Morgan fingerprint density at radius 2 is 2.19 bits per heavy atom. The molecule has 0 heteroatoms. The van der Waals surface area contributed by atoms with Crippen molar-refractivity contribution in [2.24, 2.45) is 0 Å². The number of hydrogen-bond donors (Lipinski definition) is 0. The molecule has 16 heavy (non-hydrogen) atoms. The van der Waals surface area contributed by atoms with Gasteiger partial charge < -0.3 is 0 Å². The van der Waals surface area contributed by atoms with Crippen molar-refractivity contribution >= 4 is 6.08 Å². The molecule has 1 aromatic carbocycles. The lowest BCUT2D eigenvalue weighted by Gasteiger charge is -2.12. The molecule has 0 aliphatic rings. The maximum absolute atomic E-state index is 3.81. The van der Waals surface area contributed by atoms with E-state index in [0.29, 0.717) is 5.92 Å². The van der Waals surface area contributed by atoms with Crippen LogP contribution in [0.15, 0.2) is 42.5 Å². The molecule has 0 spiro atoms. The van der Waals surface area contributed by atoms with Crippen LogP contribution < -0.4 is 0 Å². The summed E-state index contributed by atoms with van der Waals surface area (Å²) in [6, 6.07) is 8.66. The molecule has 0 radical (unpaired) electrons. The Bertz CT molecular complexity index is 371. The van der Waals surface area contributed by atoms with E-state index in [4.69, 9.17) is 0 Å². The van der Waals surface area contributed by atoms with E-state index in [0.717, 1.165) is 0 Å². The Hall–Kier alpha value is -1.30. The lowest BCUT2D eigenvalue weighted by Crippen LogP contribution is -1.94. The lowest BCUT2D eigenvalue weighted by molar-refractivity contribution is 0.675. The maximum atomic E-state index is 3.81. The first-order chi connectivity index (χ1) is 7.67. The molecule has 0 heterocycles. The molecular formula is C16H22. The van der Waals surface area contributed by atoms with Crippen LogP contribution in [0.3, 0.4) is 0 Å². The molecule has 0 amide bonds. The molecule has 0 nitrogen and oxygen atoms in total. The molecular weight excluding hydrogens is 192 g/mol. The molecule has 1 aromatic rings. The van der Waals surface area contributed by atoms with Crippen LogP contribution in [-0.4, -0.2) is 0 Å². The van der Waals surface area contributed by atoms with Crippen LogP contribution in [0.1, 0.15) is 50.7 Å². The minimum atomic E-state index is 0.620. The normalized spacial score (nSPS) is 13.6. The SMILES string of the molecule is C=Cc1cccc(C(C)CCC(C)=CC)c1. The largest absolute Gasteiger partial charge is 0.0985 e. The van der Waals surface area contributed by atoms with Crippen LogP contribution >= 0.6 is 0 Å². The van der Waals surface area contributed by atoms with Gasteiger partial charge in [0.1, 0.15) is 0 Å². The fraction of sp³-hybridized carbons (Fsp3) is 0.375. The van der Waals surface area contributed by atoms with Crippen molar-refractivity contribution in [3.05, 3.63) is 53.6 Å². The van der Waals surface area contributed by atoms with Gasteiger partial charge in [-0.15, -0.1) is 0 Å². The maximum Gasteiger partial charge on any atom is -0.0187 e. The zero-order valence-corrected chi connectivity index (χ0v) is 10.7. The molecule has 0 saturated carbocycles. The lowest BCUT2D eigenvalue weighted by atomic mass is 9.93. The molecule has 0 saturated heterocycles. The minimum absolute atomic E-state index is 0.620. The summed E-state index contributed by atoms with van der Waals surface area (Å²) in [4.78, 5) is 0. The van der Waals surface area contributed by atoms with Gasteiger partial charge in [0.15, 0.2) is 0 Å². The van der Waals surface area contributed by atoms with Gasteiger partial charge in [-0.1, -0.05) is 55.5 Å².